The molecule has 0 N–H and O–H groups in total. The molecular formula is C23H21ClN2O2S2. The van der Waals surface area contributed by atoms with Crippen LogP contribution in [-0.4, -0.2) is 16.6 Å². The predicted octanol–water partition coefficient (Wildman–Crippen LogP) is 6.99. The Balaban J connectivity index is 1.62. The van der Waals surface area contributed by atoms with Crippen molar-refractivity contribution in [2.45, 2.75) is 31.2 Å². The van der Waals surface area contributed by atoms with Gasteiger partial charge in [0.25, 0.3) is 0 Å². The lowest BCUT2D eigenvalue weighted by atomic mass is 10.0. The first-order valence-electron chi connectivity index (χ1n) is 9.62. The molecule has 0 fully saturated rings. The fourth-order valence-corrected chi connectivity index (χ4v) is 5.03. The van der Waals surface area contributed by atoms with Crippen molar-refractivity contribution < 1.29 is 9.21 Å². The number of halogens is 1. The van der Waals surface area contributed by atoms with Gasteiger partial charge >= 0.3 is 0 Å². The fourth-order valence-electron chi connectivity index (χ4n) is 3.11. The first-order valence-corrected chi connectivity index (χ1v) is 11.8. The van der Waals surface area contributed by atoms with Gasteiger partial charge in [0.1, 0.15) is 5.76 Å². The molecule has 4 rings (SSSR count). The summed E-state index contributed by atoms with van der Waals surface area (Å²) in [6.07, 6.45) is 1.62. The maximum Gasteiger partial charge on any atom is 0.239 e. The highest BCUT2D eigenvalue weighted by Gasteiger charge is 2.22. The number of thioether (sulfide) groups is 1. The van der Waals surface area contributed by atoms with Crippen molar-refractivity contribution in [1.82, 2.24) is 4.98 Å². The number of anilines is 1. The normalized spacial score (nSPS) is 11.3. The Morgan fingerprint density at radius 1 is 1.17 bits per heavy atom. The van der Waals surface area contributed by atoms with Crippen LogP contribution in [0.3, 0.4) is 0 Å². The van der Waals surface area contributed by atoms with Gasteiger partial charge in [0.05, 0.1) is 28.8 Å². The van der Waals surface area contributed by atoms with Crippen molar-refractivity contribution >= 4 is 56.0 Å². The Bertz CT molecular complexity index is 1140. The highest BCUT2D eigenvalue weighted by atomic mass is 35.5. The number of rotatable bonds is 7. The molecule has 0 aliphatic carbocycles. The number of carbonyl (C=O) groups is 1. The van der Waals surface area contributed by atoms with Crippen LogP contribution in [0.15, 0.2) is 70.2 Å². The number of para-hydroxylation sites is 1. The molecule has 2 aromatic carbocycles. The van der Waals surface area contributed by atoms with Gasteiger partial charge in [-0.3, -0.25) is 9.69 Å². The summed E-state index contributed by atoms with van der Waals surface area (Å²) in [6, 6.07) is 17.4. The lowest BCUT2D eigenvalue weighted by Gasteiger charge is -2.18. The zero-order valence-electron chi connectivity index (χ0n) is 16.7. The molecule has 2 heterocycles. The van der Waals surface area contributed by atoms with Crippen molar-refractivity contribution in [2.24, 2.45) is 0 Å². The van der Waals surface area contributed by atoms with Crippen LogP contribution < -0.4 is 4.90 Å². The van der Waals surface area contributed by atoms with E-state index in [0.717, 1.165) is 20.9 Å². The SMILES string of the molecule is CC(C)c1cccc2sc(N(Cc3ccco3)C(=O)CSc3ccc(Cl)cc3)nc12. The molecule has 30 heavy (non-hydrogen) atoms. The molecule has 4 aromatic rings. The van der Waals surface area contributed by atoms with Gasteiger partial charge in [-0.05, 0) is 53.9 Å². The van der Waals surface area contributed by atoms with E-state index < -0.39 is 0 Å². The first-order chi connectivity index (χ1) is 14.5. The van der Waals surface area contributed by atoms with E-state index in [4.69, 9.17) is 21.0 Å². The summed E-state index contributed by atoms with van der Waals surface area (Å²) in [4.78, 5) is 20.8. The third-order valence-electron chi connectivity index (χ3n) is 4.66. The van der Waals surface area contributed by atoms with Crippen molar-refractivity contribution in [1.29, 1.82) is 0 Å². The second kappa shape index (κ2) is 9.25. The van der Waals surface area contributed by atoms with E-state index in [0.29, 0.717) is 28.4 Å². The predicted molar refractivity (Wildman–Crippen MR) is 126 cm³/mol. The van der Waals surface area contributed by atoms with Crippen LogP contribution in [0, 0.1) is 0 Å². The highest BCUT2D eigenvalue weighted by Crippen LogP contribution is 2.34. The van der Waals surface area contributed by atoms with Crippen LogP contribution >= 0.6 is 34.7 Å². The van der Waals surface area contributed by atoms with Gasteiger partial charge in [-0.25, -0.2) is 4.98 Å². The average molecular weight is 457 g/mol. The van der Waals surface area contributed by atoms with Gasteiger partial charge in [-0.15, -0.1) is 11.8 Å². The summed E-state index contributed by atoms with van der Waals surface area (Å²) in [5, 5.41) is 1.37. The van der Waals surface area contributed by atoms with Crippen molar-refractivity contribution in [3.05, 3.63) is 77.2 Å². The van der Waals surface area contributed by atoms with Crippen LogP contribution in [0.25, 0.3) is 10.2 Å². The highest BCUT2D eigenvalue weighted by molar-refractivity contribution is 8.00. The van der Waals surface area contributed by atoms with Crippen LogP contribution in [0.1, 0.15) is 31.1 Å². The smallest absolute Gasteiger partial charge is 0.239 e. The van der Waals surface area contributed by atoms with E-state index in [1.165, 1.54) is 28.7 Å². The van der Waals surface area contributed by atoms with Crippen LogP contribution in [0.2, 0.25) is 5.02 Å². The van der Waals surface area contributed by atoms with Crippen LogP contribution in [-0.2, 0) is 11.3 Å². The molecule has 0 radical (unpaired) electrons. The lowest BCUT2D eigenvalue weighted by Crippen LogP contribution is -2.31. The van der Waals surface area contributed by atoms with Gasteiger partial charge in [-0.1, -0.05) is 48.9 Å². The zero-order chi connectivity index (χ0) is 21.1. The minimum atomic E-state index is -0.0171. The first kappa shape index (κ1) is 21.0. The number of nitrogens with zero attached hydrogens (tertiary/aromatic N) is 2. The van der Waals surface area contributed by atoms with E-state index in [2.05, 4.69) is 32.0 Å². The Morgan fingerprint density at radius 2 is 1.97 bits per heavy atom. The largest absolute Gasteiger partial charge is 0.467 e. The Kier molecular flexibility index (Phi) is 6.46. The zero-order valence-corrected chi connectivity index (χ0v) is 19.1. The number of thiazole rings is 1. The number of hydrogen-bond acceptors (Lipinski definition) is 5. The molecule has 0 saturated carbocycles. The van der Waals surface area contributed by atoms with E-state index in [1.807, 2.05) is 36.4 Å². The summed E-state index contributed by atoms with van der Waals surface area (Å²) in [5.41, 5.74) is 2.16. The number of carbonyl (C=O) groups excluding carboxylic acids is 1. The molecule has 154 valence electrons. The average Bonchev–Trinajstić information content (AvgIpc) is 3.40. The third kappa shape index (κ3) is 4.72. The number of hydrogen-bond donors (Lipinski definition) is 0. The van der Waals surface area contributed by atoms with Crippen molar-refractivity contribution in [3.8, 4) is 0 Å². The van der Waals surface area contributed by atoms with Gasteiger partial charge in [-0.2, -0.15) is 0 Å². The molecule has 0 spiro atoms. The quantitative estimate of drug-likeness (QED) is 0.281. The van der Waals surface area contributed by atoms with Gasteiger partial charge in [0.2, 0.25) is 5.91 Å². The molecule has 0 atom stereocenters. The molecule has 0 aliphatic heterocycles. The second-order valence-electron chi connectivity index (χ2n) is 7.15. The molecule has 2 aromatic heterocycles. The van der Waals surface area contributed by atoms with Crippen molar-refractivity contribution in [3.63, 3.8) is 0 Å². The third-order valence-corrected chi connectivity index (χ3v) is 6.96. The molecule has 1 amide bonds. The minimum Gasteiger partial charge on any atom is -0.467 e. The van der Waals surface area contributed by atoms with Gasteiger partial charge < -0.3 is 4.42 Å². The maximum atomic E-state index is 13.2. The molecular weight excluding hydrogens is 436 g/mol. The molecule has 0 aliphatic rings. The number of fused-ring (bicyclic) bond motifs is 1. The van der Waals surface area contributed by atoms with Gasteiger partial charge in [0.15, 0.2) is 5.13 Å². The molecule has 4 nitrogen and oxygen atoms in total. The van der Waals surface area contributed by atoms with Crippen molar-refractivity contribution in [2.75, 3.05) is 10.7 Å². The fraction of sp³-hybridized carbons (Fsp3) is 0.217. The van der Waals surface area contributed by atoms with Crippen LogP contribution in [0.4, 0.5) is 5.13 Å². The second-order valence-corrected chi connectivity index (χ2v) is 9.64. The number of aromatic nitrogens is 1. The molecule has 7 heteroatoms. The van der Waals surface area contributed by atoms with Crippen LogP contribution in [0.5, 0.6) is 0 Å². The summed E-state index contributed by atoms with van der Waals surface area (Å²) in [6.45, 7) is 4.66. The topological polar surface area (TPSA) is 46.3 Å². The molecule has 0 unspecified atom stereocenters. The van der Waals surface area contributed by atoms with E-state index in [-0.39, 0.29) is 5.91 Å². The van der Waals surface area contributed by atoms with E-state index in [9.17, 15) is 4.79 Å². The minimum absolute atomic E-state index is 0.0171. The van der Waals surface area contributed by atoms with E-state index >= 15 is 0 Å². The number of furan rings is 1. The van der Waals surface area contributed by atoms with E-state index in [1.54, 1.807) is 11.2 Å². The van der Waals surface area contributed by atoms with Gasteiger partial charge in [0, 0.05) is 9.92 Å². The Hall–Kier alpha value is -2.28. The summed E-state index contributed by atoms with van der Waals surface area (Å²) < 4.78 is 6.59. The number of benzene rings is 2. The summed E-state index contributed by atoms with van der Waals surface area (Å²) in [5.74, 6) is 1.37. The monoisotopic (exact) mass is 456 g/mol. The maximum absolute atomic E-state index is 13.2. The molecule has 0 saturated heterocycles. The summed E-state index contributed by atoms with van der Waals surface area (Å²) >= 11 is 8.98. The number of amides is 1. The lowest BCUT2D eigenvalue weighted by molar-refractivity contribution is -0.116. The summed E-state index contributed by atoms with van der Waals surface area (Å²) in [7, 11) is 0. The standard InChI is InChI=1S/C23H21ClN2O2S2/c1-15(2)19-6-3-7-20-22(19)25-23(30-20)26(13-17-5-4-12-28-17)21(27)14-29-18-10-8-16(24)9-11-18/h3-12,15H,13-14H2,1-2H3. The Labute approximate surface area is 188 Å². The Morgan fingerprint density at radius 3 is 2.67 bits per heavy atom. The molecule has 0 bridgehead atoms.